The Morgan fingerprint density at radius 1 is 0.944 bits per heavy atom. The number of nitrogens with zero attached hydrogens (tertiary/aromatic N) is 4. The van der Waals surface area contributed by atoms with Crippen LogP contribution in [0.3, 0.4) is 0 Å². The van der Waals surface area contributed by atoms with Gasteiger partial charge in [-0.15, -0.1) is 0 Å². The minimum atomic E-state index is -3.73. The van der Waals surface area contributed by atoms with Crippen LogP contribution in [0.25, 0.3) is 5.69 Å². The number of piperazine rings is 1. The van der Waals surface area contributed by atoms with E-state index >= 15 is 0 Å². The van der Waals surface area contributed by atoms with Crippen molar-refractivity contribution in [2.45, 2.75) is 36.7 Å². The number of rotatable bonds is 6. The van der Waals surface area contributed by atoms with Crippen LogP contribution in [0.2, 0.25) is 10.0 Å². The fourth-order valence-corrected chi connectivity index (χ4v) is 6.79. The van der Waals surface area contributed by atoms with Crippen LogP contribution in [-0.4, -0.2) is 54.8 Å². The van der Waals surface area contributed by atoms with Gasteiger partial charge in [-0.2, -0.15) is 14.1 Å². The van der Waals surface area contributed by atoms with E-state index in [9.17, 15) is 13.2 Å². The predicted molar refractivity (Wildman–Crippen MR) is 140 cm³/mol. The molecule has 2 aromatic carbocycles. The minimum Gasteiger partial charge on any atom is -0.483 e. The molecule has 0 spiro atoms. The number of sulfonamides is 1. The number of benzene rings is 2. The molecule has 2 heterocycles. The molecule has 0 atom stereocenters. The van der Waals surface area contributed by atoms with Crippen molar-refractivity contribution in [2.75, 3.05) is 31.1 Å². The van der Waals surface area contributed by atoms with Crippen molar-refractivity contribution < 1.29 is 13.2 Å². The molecule has 5 rings (SSSR count). The van der Waals surface area contributed by atoms with E-state index in [4.69, 9.17) is 27.9 Å². The van der Waals surface area contributed by atoms with Crippen LogP contribution < -0.4 is 15.2 Å². The highest BCUT2D eigenvalue weighted by atomic mass is 35.5. The highest BCUT2D eigenvalue weighted by Gasteiger charge is 2.32. The maximum absolute atomic E-state index is 13.6. The van der Waals surface area contributed by atoms with Gasteiger partial charge in [0.2, 0.25) is 15.8 Å². The van der Waals surface area contributed by atoms with Crippen LogP contribution in [0, 0.1) is 0 Å². The van der Waals surface area contributed by atoms with Gasteiger partial charge >= 0.3 is 5.56 Å². The molecule has 190 valence electrons. The standard InChI is InChI=1S/C25H26Cl2N4O4S/c26-18-6-5-7-19(16-18)31-25(32)24(35-20-8-1-2-9-20)22(17-28-31)29-12-14-30(15-13-29)36(33,34)23-11-4-3-10-21(23)27/h3-7,10-11,16-17,20H,1-2,8-9,12-15H2. The lowest BCUT2D eigenvalue weighted by Crippen LogP contribution is -2.49. The summed E-state index contributed by atoms with van der Waals surface area (Å²) < 4.78 is 35.3. The van der Waals surface area contributed by atoms with Crippen molar-refractivity contribution in [3.63, 3.8) is 0 Å². The number of anilines is 1. The molecular formula is C25H26Cl2N4O4S. The molecule has 1 saturated carbocycles. The normalized spacial score (nSPS) is 17.4. The maximum Gasteiger partial charge on any atom is 0.316 e. The Morgan fingerprint density at radius 2 is 1.67 bits per heavy atom. The molecule has 1 aliphatic heterocycles. The second kappa shape index (κ2) is 10.4. The highest BCUT2D eigenvalue weighted by molar-refractivity contribution is 7.89. The van der Waals surface area contributed by atoms with Crippen molar-refractivity contribution in [3.8, 4) is 11.4 Å². The molecular weight excluding hydrogens is 523 g/mol. The van der Waals surface area contributed by atoms with E-state index in [2.05, 4.69) is 5.10 Å². The predicted octanol–water partition coefficient (Wildman–Crippen LogP) is 4.37. The van der Waals surface area contributed by atoms with Crippen molar-refractivity contribution >= 4 is 38.9 Å². The number of ether oxygens (including phenoxy) is 1. The number of hydrogen-bond donors (Lipinski definition) is 0. The fourth-order valence-electron chi connectivity index (χ4n) is 4.69. The summed E-state index contributed by atoms with van der Waals surface area (Å²) in [5.41, 5.74) is 0.749. The van der Waals surface area contributed by atoms with Gasteiger partial charge in [-0.25, -0.2) is 8.42 Å². The van der Waals surface area contributed by atoms with Gasteiger partial charge in [-0.1, -0.05) is 41.4 Å². The third-order valence-corrected chi connectivity index (χ3v) is 9.22. The van der Waals surface area contributed by atoms with Crippen molar-refractivity contribution in [1.82, 2.24) is 14.1 Å². The van der Waals surface area contributed by atoms with Gasteiger partial charge in [0.1, 0.15) is 10.6 Å². The van der Waals surface area contributed by atoms with E-state index in [1.807, 2.05) is 4.90 Å². The Morgan fingerprint density at radius 3 is 2.36 bits per heavy atom. The van der Waals surface area contributed by atoms with Gasteiger partial charge in [0, 0.05) is 31.2 Å². The monoisotopic (exact) mass is 548 g/mol. The summed E-state index contributed by atoms with van der Waals surface area (Å²) in [6.07, 6.45) is 5.49. The molecule has 0 N–H and O–H groups in total. The maximum atomic E-state index is 13.6. The molecule has 0 bridgehead atoms. The first-order valence-electron chi connectivity index (χ1n) is 11.9. The largest absolute Gasteiger partial charge is 0.483 e. The molecule has 2 fully saturated rings. The van der Waals surface area contributed by atoms with E-state index in [1.165, 1.54) is 15.1 Å². The van der Waals surface area contributed by atoms with E-state index in [0.717, 1.165) is 25.7 Å². The van der Waals surface area contributed by atoms with Gasteiger partial charge in [0.25, 0.3) is 0 Å². The summed E-state index contributed by atoms with van der Waals surface area (Å²) in [7, 11) is -3.73. The molecule has 1 aromatic heterocycles. The van der Waals surface area contributed by atoms with Crippen LogP contribution in [-0.2, 0) is 10.0 Å². The molecule has 0 radical (unpaired) electrons. The van der Waals surface area contributed by atoms with Gasteiger partial charge in [-0.3, -0.25) is 4.79 Å². The first kappa shape index (κ1) is 25.1. The zero-order valence-electron chi connectivity index (χ0n) is 19.5. The molecule has 36 heavy (non-hydrogen) atoms. The fraction of sp³-hybridized carbons (Fsp3) is 0.360. The lowest BCUT2D eigenvalue weighted by Gasteiger charge is -2.36. The molecule has 1 saturated heterocycles. The first-order valence-corrected chi connectivity index (χ1v) is 14.1. The summed E-state index contributed by atoms with van der Waals surface area (Å²) in [6.45, 7) is 1.25. The average molecular weight is 549 g/mol. The van der Waals surface area contributed by atoms with Crippen LogP contribution in [0.5, 0.6) is 5.75 Å². The topological polar surface area (TPSA) is 84.7 Å². The number of aromatic nitrogens is 2. The molecule has 11 heteroatoms. The first-order chi connectivity index (χ1) is 17.3. The van der Waals surface area contributed by atoms with Gasteiger partial charge < -0.3 is 9.64 Å². The zero-order valence-corrected chi connectivity index (χ0v) is 21.8. The Bertz CT molecular complexity index is 1420. The zero-order chi connectivity index (χ0) is 25.3. The SMILES string of the molecule is O=c1c(OC2CCCC2)c(N2CCN(S(=O)(=O)c3ccccc3Cl)CC2)cnn1-c1cccc(Cl)c1. The Kier molecular flexibility index (Phi) is 7.25. The summed E-state index contributed by atoms with van der Waals surface area (Å²) >= 11 is 12.3. The van der Waals surface area contributed by atoms with Gasteiger partial charge in [0.05, 0.1) is 23.0 Å². The molecule has 8 nitrogen and oxygen atoms in total. The quantitative estimate of drug-likeness (QED) is 0.454. The van der Waals surface area contributed by atoms with Crippen molar-refractivity contribution in [3.05, 3.63) is 75.1 Å². The van der Waals surface area contributed by atoms with Crippen LogP contribution in [0.4, 0.5) is 5.69 Å². The van der Waals surface area contributed by atoms with Gasteiger partial charge in [0.15, 0.2) is 0 Å². The number of hydrogen-bond acceptors (Lipinski definition) is 6. The molecule has 2 aliphatic rings. The second-order valence-corrected chi connectivity index (χ2v) is 11.7. The van der Waals surface area contributed by atoms with Crippen LogP contribution >= 0.6 is 23.2 Å². The summed E-state index contributed by atoms with van der Waals surface area (Å²) in [6, 6.07) is 13.4. The van der Waals surface area contributed by atoms with Crippen LogP contribution in [0.1, 0.15) is 25.7 Å². The van der Waals surface area contributed by atoms with Crippen LogP contribution in [0.15, 0.2) is 64.4 Å². The molecule has 1 aliphatic carbocycles. The lowest BCUT2D eigenvalue weighted by atomic mass is 10.2. The number of halogens is 2. The van der Waals surface area contributed by atoms with E-state index in [-0.39, 0.29) is 40.4 Å². The summed E-state index contributed by atoms with van der Waals surface area (Å²) in [5.74, 6) is 0.235. The molecule has 0 amide bonds. The molecule has 3 aromatic rings. The third kappa shape index (κ3) is 4.98. The average Bonchev–Trinajstić information content (AvgIpc) is 3.39. The van der Waals surface area contributed by atoms with E-state index < -0.39 is 10.0 Å². The van der Waals surface area contributed by atoms with E-state index in [0.29, 0.717) is 29.5 Å². The smallest absolute Gasteiger partial charge is 0.316 e. The minimum absolute atomic E-state index is 0.0337. The van der Waals surface area contributed by atoms with Crippen molar-refractivity contribution in [1.29, 1.82) is 0 Å². The summed E-state index contributed by atoms with van der Waals surface area (Å²) in [5, 5.41) is 5.10. The Balaban J connectivity index is 1.43. The lowest BCUT2D eigenvalue weighted by molar-refractivity contribution is 0.205. The van der Waals surface area contributed by atoms with E-state index in [1.54, 1.807) is 48.7 Å². The third-order valence-electron chi connectivity index (χ3n) is 6.59. The van der Waals surface area contributed by atoms with Gasteiger partial charge in [-0.05, 0) is 56.0 Å². The Hall–Kier alpha value is -2.59. The molecule has 0 unspecified atom stereocenters. The Labute approximate surface area is 220 Å². The van der Waals surface area contributed by atoms with Crippen molar-refractivity contribution in [2.24, 2.45) is 0 Å². The summed E-state index contributed by atoms with van der Waals surface area (Å²) in [4.78, 5) is 15.6. The second-order valence-electron chi connectivity index (χ2n) is 8.90. The highest BCUT2D eigenvalue weighted by Crippen LogP contribution is 2.31.